The molecule has 0 aliphatic carbocycles. The summed E-state index contributed by atoms with van der Waals surface area (Å²) in [5.74, 6) is 1.17. The summed E-state index contributed by atoms with van der Waals surface area (Å²) in [6.07, 6.45) is 4.48. The van der Waals surface area contributed by atoms with Gasteiger partial charge in [0.1, 0.15) is 17.7 Å². The molecule has 6 rings (SSSR count). The molecule has 0 spiro atoms. The summed E-state index contributed by atoms with van der Waals surface area (Å²) in [6.45, 7) is 14.7. The van der Waals surface area contributed by atoms with Crippen LogP contribution in [-0.4, -0.2) is 82.6 Å². The Morgan fingerprint density at radius 1 is 0.962 bits per heavy atom. The van der Waals surface area contributed by atoms with E-state index in [0.717, 1.165) is 76.8 Å². The van der Waals surface area contributed by atoms with Crippen LogP contribution < -0.4 is 20.9 Å². The Labute approximate surface area is 305 Å². The first kappa shape index (κ1) is 36.6. The van der Waals surface area contributed by atoms with Gasteiger partial charge in [0, 0.05) is 43.6 Å². The van der Waals surface area contributed by atoms with E-state index in [1.165, 1.54) is 7.11 Å². The SMILES string of the molecule is COC(=O)N[C@H](C(=O)N1CCCC1c1ncc(-c2ccc(-c3ccc(NC(=O)c4ccc(N5C[C@H](C)NC[C@H]5C)nc4)cc3C)c(C)c2)[nH]1)C(C)C. The van der Waals surface area contributed by atoms with Gasteiger partial charge < -0.3 is 35.5 Å². The van der Waals surface area contributed by atoms with Gasteiger partial charge in [0.25, 0.3) is 5.91 Å². The minimum Gasteiger partial charge on any atom is -0.453 e. The number of ether oxygens (including phenoxy) is 1. The molecule has 0 bridgehead atoms. The molecule has 4 heterocycles. The number of anilines is 2. The van der Waals surface area contributed by atoms with Crippen molar-refractivity contribution in [2.45, 2.75) is 78.6 Å². The lowest BCUT2D eigenvalue weighted by Gasteiger charge is -2.38. The minimum atomic E-state index is -0.683. The van der Waals surface area contributed by atoms with Gasteiger partial charge in [-0.3, -0.25) is 9.59 Å². The van der Waals surface area contributed by atoms with Crippen LogP contribution in [0.5, 0.6) is 0 Å². The fourth-order valence-corrected chi connectivity index (χ4v) is 7.26. The fraction of sp³-hybridized carbons (Fsp3) is 0.425. The Bertz CT molecular complexity index is 1920. The van der Waals surface area contributed by atoms with Crippen LogP contribution >= 0.6 is 0 Å². The molecule has 0 saturated carbocycles. The predicted octanol–water partition coefficient (Wildman–Crippen LogP) is 6.24. The number of methoxy groups -OCH3 is 1. The molecule has 3 amide bonds. The highest BCUT2D eigenvalue weighted by atomic mass is 16.5. The molecule has 4 N–H and O–H groups in total. The molecule has 4 aromatic rings. The highest BCUT2D eigenvalue weighted by Gasteiger charge is 2.37. The summed E-state index contributed by atoms with van der Waals surface area (Å²) >= 11 is 0. The number of rotatable bonds is 9. The van der Waals surface area contributed by atoms with E-state index in [9.17, 15) is 14.4 Å². The molecule has 4 atom stereocenters. The van der Waals surface area contributed by atoms with E-state index in [2.05, 4.69) is 69.8 Å². The number of hydrogen-bond acceptors (Lipinski definition) is 8. The van der Waals surface area contributed by atoms with Crippen molar-refractivity contribution < 1.29 is 19.1 Å². The largest absolute Gasteiger partial charge is 0.453 e. The summed E-state index contributed by atoms with van der Waals surface area (Å²) in [7, 11) is 1.29. The van der Waals surface area contributed by atoms with Crippen LogP contribution in [0.1, 0.15) is 73.9 Å². The second kappa shape index (κ2) is 15.6. The molecule has 12 heteroatoms. The van der Waals surface area contributed by atoms with Crippen LogP contribution in [0, 0.1) is 19.8 Å². The smallest absolute Gasteiger partial charge is 0.407 e. The number of nitrogens with zero attached hydrogens (tertiary/aromatic N) is 4. The van der Waals surface area contributed by atoms with Crippen molar-refractivity contribution in [3.05, 3.63) is 83.4 Å². The summed E-state index contributed by atoms with van der Waals surface area (Å²) in [6, 6.07) is 15.9. The number of aromatic amines is 1. The third kappa shape index (κ3) is 7.81. The Kier molecular flexibility index (Phi) is 10.9. The van der Waals surface area contributed by atoms with Gasteiger partial charge in [-0.2, -0.15) is 0 Å². The van der Waals surface area contributed by atoms with E-state index in [1.807, 2.05) is 62.2 Å². The average molecular weight is 707 g/mol. The highest BCUT2D eigenvalue weighted by molar-refractivity contribution is 6.04. The molecule has 0 radical (unpaired) electrons. The van der Waals surface area contributed by atoms with Crippen molar-refractivity contribution in [1.82, 2.24) is 30.5 Å². The zero-order valence-corrected chi connectivity index (χ0v) is 31.1. The number of imidazole rings is 1. The number of aromatic nitrogens is 3. The maximum Gasteiger partial charge on any atom is 0.407 e. The van der Waals surface area contributed by atoms with E-state index >= 15 is 0 Å². The maximum atomic E-state index is 13.5. The number of piperazine rings is 1. The van der Waals surface area contributed by atoms with Crippen LogP contribution in [0.25, 0.3) is 22.4 Å². The standard InChI is InChI=1S/C40H50N8O4/c1-23(2)36(46-40(51)52-7)39(50)47-16-8-9-34(47)37-43-21-33(45-37)28-10-13-31(24(3)17-28)32-14-12-30(18-25(32)4)44-38(49)29-11-15-35(42-20-29)48-22-26(5)41-19-27(48)6/h10-15,17-18,20-21,23,26-27,34,36,41H,8-9,16,19,22H2,1-7H3,(H,43,45)(H,44,49)(H,46,51)/t26-,27+,34?,36-/m0/s1. The fourth-order valence-electron chi connectivity index (χ4n) is 7.26. The van der Waals surface area contributed by atoms with Gasteiger partial charge in [-0.1, -0.05) is 32.0 Å². The number of aryl methyl sites for hydroxylation is 2. The molecule has 52 heavy (non-hydrogen) atoms. The van der Waals surface area contributed by atoms with Crippen LogP contribution in [0.4, 0.5) is 16.3 Å². The zero-order valence-electron chi connectivity index (χ0n) is 31.1. The molecule has 2 saturated heterocycles. The van der Waals surface area contributed by atoms with Gasteiger partial charge >= 0.3 is 6.09 Å². The summed E-state index contributed by atoms with van der Waals surface area (Å²) in [5.41, 5.74) is 7.41. The number of nitrogens with one attached hydrogen (secondary N) is 4. The van der Waals surface area contributed by atoms with E-state index < -0.39 is 12.1 Å². The second-order valence-corrected chi connectivity index (χ2v) is 14.5. The van der Waals surface area contributed by atoms with E-state index in [0.29, 0.717) is 24.2 Å². The molecule has 274 valence electrons. The van der Waals surface area contributed by atoms with Crippen LogP contribution in [0.2, 0.25) is 0 Å². The molecule has 2 aliphatic rings. The summed E-state index contributed by atoms with van der Waals surface area (Å²) in [5, 5.41) is 9.22. The molecular formula is C40H50N8O4. The predicted molar refractivity (Wildman–Crippen MR) is 203 cm³/mol. The van der Waals surface area contributed by atoms with Gasteiger partial charge in [-0.15, -0.1) is 0 Å². The number of benzene rings is 2. The number of carbonyl (C=O) groups excluding carboxylic acids is 3. The third-order valence-electron chi connectivity index (χ3n) is 10.2. The number of amides is 3. The van der Waals surface area contributed by atoms with Gasteiger partial charge in [0.2, 0.25) is 5.91 Å². The molecular weight excluding hydrogens is 656 g/mol. The Balaban J connectivity index is 1.12. The number of alkyl carbamates (subject to hydrolysis) is 1. The first-order chi connectivity index (χ1) is 24.9. The van der Waals surface area contributed by atoms with Crippen molar-refractivity contribution >= 4 is 29.4 Å². The summed E-state index contributed by atoms with van der Waals surface area (Å²) < 4.78 is 4.76. The Hall–Kier alpha value is -5.23. The van der Waals surface area contributed by atoms with E-state index in [4.69, 9.17) is 9.72 Å². The first-order valence-electron chi connectivity index (χ1n) is 18.1. The Morgan fingerprint density at radius 2 is 1.71 bits per heavy atom. The zero-order chi connectivity index (χ0) is 37.1. The molecule has 1 unspecified atom stereocenters. The van der Waals surface area contributed by atoms with Crippen molar-refractivity contribution in [2.24, 2.45) is 5.92 Å². The van der Waals surface area contributed by atoms with Gasteiger partial charge in [-0.25, -0.2) is 14.8 Å². The molecule has 2 aromatic carbocycles. The lowest BCUT2D eigenvalue weighted by atomic mass is 9.94. The first-order valence-corrected chi connectivity index (χ1v) is 18.1. The van der Waals surface area contributed by atoms with E-state index in [1.54, 1.807) is 6.20 Å². The number of carbonyl (C=O) groups is 3. The number of likely N-dealkylation sites (tertiary alicyclic amines) is 1. The normalized spacial score (nSPS) is 19.4. The number of H-pyrrole nitrogens is 1. The van der Waals surface area contributed by atoms with Crippen LogP contribution in [0.3, 0.4) is 0 Å². The Morgan fingerprint density at radius 3 is 2.38 bits per heavy atom. The topological polar surface area (TPSA) is 145 Å². The summed E-state index contributed by atoms with van der Waals surface area (Å²) in [4.78, 5) is 55.5. The maximum absolute atomic E-state index is 13.5. The van der Waals surface area contributed by atoms with E-state index in [-0.39, 0.29) is 23.8 Å². The van der Waals surface area contributed by atoms with Gasteiger partial charge in [-0.05, 0) is 105 Å². The van der Waals surface area contributed by atoms with Crippen LogP contribution in [-0.2, 0) is 9.53 Å². The monoisotopic (exact) mass is 706 g/mol. The molecule has 2 aliphatic heterocycles. The minimum absolute atomic E-state index is 0.100. The number of hydrogen-bond donors (Lipinski definition) is 4. The van der Waals surface area contributed by atoms with Gasteiger partial charge in [0.05, 0.1) is 30.6 Å². The lowest BCUT2D eigenvalue weighted by molar-refractivity contribution is -0.135. The molecule has 2 aromatic heterocycles. The van der Waals surface area contributed by atoms with Crippen molar-refractivity contribution in [3.63, 3.8) is 0 Å². The molecule has 12 nitrogen and oxygen atoms in total. The van der Waals surface area contributed by atoms with Crippen molar-refractivity contribution in [3.8, 4) is 22.4 Å². The molecule has 2 fully saturated rings. The van der Waals surface area contributed by atoms with Gasteiger partial charge in [0.15, 0.2) is 0 Å². The quantitative estimate of drug-likeness (QED) is 0.160. The van der Waals surface area contributed by atoms with Crippen LogP contribution in [0.15, 0.2) is 60.9 Å². The second-order valence-electron chi connectivity index (χ2n) is 14.5. The number of pyridine rings is 1. The lowest BCUT2D eigenvalue weighted by Crippen LogP contribution is -2.54. The third-order valence-corrected chi connectivity index (χ3v) is 10.2. The van der Waals surface area contributed by atoms with Crippen molar-refractivity contribution in [1.29, 1.82) is 0 Å². The average Bonchev–Trinajstić information content (AvgIpc) is 3.82. The highest BCUT2D eigenvalue weighted by Crippen LogP contribution is 2.35. The van der Waals surface area contributed by atoms with Crippen molar-refractivity contribution in [2.75, 3.05) is 37.0 Å².